The first-order valence-corrected chi connectivity index (χ1v) is 6.27. The highest BCUT2D eigenvalue weighted by Gasteiger charge is 2.09. The lowest BCUT2D eigenvalue weighted by molar-refractivity contribution is -0.385. The van der Waals surface area contributed by atoms with Crippen molar-refractivity contribution >= 4 is 11.5 Å². The second kappa shape index (κ2) is 6.29. The number of nitro groups is 1. The SMILES string of the molecule is Cc1cc([N+](=O)[O-])cnc1NCCC1=CCOCC1. The van der Waals surface area contributed by atoms with Gasteiger partial charge in [-0.1, -0.05) is 11.6 Å². The molecule has 0 unspecified atom stereocenters. The highest BCUT2D eigenvalue weighted by atomic mass is 16.6. The average Bonchev–Trinajstić information content (AvgIpc) is 2.41. The number of hydrogen-bond donors (Lipinski definition) is 1. The summed E-state index contributed by atoms with van der Waals surface area (Å²) in [5, 5.41) is 13.8. The minimum atomic E-state index is -0.434. The fourth-order valence-electron chi connectivity index (χ4n) is 1.98. The first-order valence-electron chi connectivity index (χ1n) is 6.27. The molecule has 0 fully saturated rings. The second-order valence-corrected chi connectivity index (χ2v) is 4.48. The summed E-state index contributed by atoms with van der Waals surface area (Å²) in [6.07, 6.45) is 5.32. The van der Waals surface area contributed by atoms with E-state index in [4.69, 9.17) is 4.74 Å². The lowest BCUT2D eigenvalue weighted by Gasteiger charge is -2.14. The Bertz CT molecular complexity index is 500. The highest BCUT2D eigenvalue weighted by Crippen LogP contribution is 2.18. The monoisotopic (exact) mass is 263 g/mol. The maximum atomic E-state index is 10.6. The second-order valence-electron chi connectivity index (χ2n) is 4.48. The maximum Gasteiger partial charge on any atom is 0.287 e. The van der Waals surface area contributed by atoms with Crippen LogP contribution in [0.4, 0.5) is 11.5 Å². The normalized spacial score (nSPS) is 14.9. The Balaban J connectivity index is 1.89. The number of aromatic nitrogens is 1. The van der Waals surface area contributed by atoms with Gasteiger partial charge in [-0.15, -0.1) is 0 Å². The van der Waals surface area contributed by atoms with E-state index in [1.807, 2.05) is 6.92 Å². The van der Waals surface area contributed by atoms with E-state index < -0.39 is 4.92 Å². The van der Waals surface area contributed by atoms with E-state index >= 15 is 0 Å². The summed E-state index contributed by atoms with van der Waals surface area (Å²) >= 11 is 0. The molecule has 0 amide bonds. The number of nitrogens with one attached hydrogen (secondary N) is 1. The van der Waals surface area contributed by atoms with Crippen LogP contribution in [-0.2, 0) is 4.74 Å². The van der Waals surface area contributed by atoms with Crippen molar-refractivity contribution in [3.8, 4) is 0 Å². The van der Waals surface area contributed by atoms with Gasteiger partial charge in [-0.2, -0.15) is 0 Å². The summed E-state index contributed by atoms with van der Waals surface area (Å²) in [5.74, 6) is 0.707. The van der Waals surface area contributed by atoms with Gasteiger partial charge in [0.25, 0.3) is 5.69 Å². The van der Waals surface area contributed by atoms with E-state index in [-0.39, 0.29) is 5.69 Å². The third-order valence-electron chi connectivity index (χ3n) is 3.07. The van der Waals surface area contributed by atoms with Gasteiger partial charge in [-0.05, 0) is 25.3 Å². The number of aryl methyl sites for hydroxylation is 1. The topological polar surface area (TPSA) is 77.3 Å². The quantitative estimate of drug-likeness (QED) is 0.501. The van der Waals surface area contributed by atoms with Crippen LogP contribution in [0, 0.1) is 17.0 Å². The van der Waals surface area contributed by atoms with Crippen molar-refractivity contribution in [2.45, 2.75) is 19.8 Å². The summed E-state index contributed by atoms with van der Waals surface area (Å²) in [7, 11) is 0. The number of pyridine rings is 1. The molecule has 0 radical (unpaired) electrons. The molecule has 6 heteroatoms. The minimum absolute atomic E-state index is 0.0233. The molecule has 0 saturated carbocycles. The van der Waals surface area contributed by atoms with Gasteiger partial charge in [-0.25, -0.2) is 4.98 Å². The first kappa shape index (κ1) is 13.5. The fourth-order valence-corrected chi connectivity index (χ4v) is 1.98. The molecule has 1 aliphatic rings. The molecule has 2 rings (SSSR count). The van der Waals surface area contributed by atoms with Crippen LogP contribution in [-0.4, -0.2) is 29.7 Å². The molecule has 19 heavy (non-hydrogen) atoms. The van der Waals surface area contributed by atoms with Gasteiger partial charge < -0.3 is 10.1 Å². The van der Waals surface area contributed by atoms with Gasteiger partial charge in [-0.3, -0.25) is 10.1 Å². The predicted octanol–water partition coefficient (Wildman–Crippen LogP) is 2.45. The molecule has 102 valence electrons. The van der Waals surface area contributed by atoms with Gasteiger partial charge in [0, 0.05) is 12.6 Å². The van der Waals surface area contributed by atoms with Crippen LogP contribution in [0.5, 0.6) is 0 Å². The van der Waals surface area contributed by atoms with Crippen molar-refractivity contribution in [3.63, 3.8) is 0 Å². The lowest BCUT2D eigenvalue weighted by atomic mass is 10.1. The summed E-state index contributed by atoms with van der Waals surface area (Å²) in [4.78, 5) is 14.3. The van der Waals surface area contributed by atoms with E-state index in [0.29, 0.717) is 12.4 Å². The zero-order valence-corrected chi connectivity index (χ0v) is 10.9. The standard InChI is InChI=1S/C13H17N3O3/c1-10-8-12(16(17)18)9-15-13(10)14-5-2-11-3-6-19-7-4-11/h3,8-9H,2,4-7H2,1H3,(H,14,15). The number of anilines is 1. The van der Waals surface area contributed by atoms with Crippen molar-refractivity contribution < 1.29 is 9.66 Å². The fraction of sp³-hybridized carbons (Fsp3) is 0.462. The van der Waals surface area contributed by atoms with Crippen LogP contribution in [0.2, 0.25) is 0 Å². The van der Waals surface area contributed by atoms with E-state index in [0.717, 1.165) is 31.6 Å². The molecule has 1 aromatic heterocycles. The van der Waals surface area contributed by atoms with E-state index in [9.17, 15) is 10.1 Å². The van der Waals surface area contributed by atoms with Gasteiger partial charge in [0.15, 0.2) is 0 Å². The Morgan fingerprint density at radius 1 is 1.58 bits per heavy atom. The molecular weight excluding hydrogens is 246 g/mol. The molecule has 6 nitrogen and oxygen atoms in total. The molecule has 0 aliphatic carbocycles. The van der Waals surface area contributed by atoms with E-state index in [2.05, 4.69) is 16.4 Å². The summed E-state index contributed by atoms with van der Waals surface area (Å²) < 4.78 is 5.25. The molecule has 0 aromatic carbocycles. The Hall–Kier alpha value is -1.95. The van der Waals surface area contributed by atoms with Crippen LogP contribution in [0.1, 0.15) is 18.4 Å². The molecule has 0 spiro atoms. The highest BCUT2D eigenvalue weighted by molar-refractivity contribution is 5.48. The van der Waals surface area contributed by atoms with Crippen LogP contribution in [0.3, 0.4) is 0 Å². The molecular formula is C13H17N3O3. The molecule has 1 aliphatic heterocycles. The van der Waals surface area contributed by atoms with Crippen molar-refractivity contribution in [1.82, 2.24) is 4.98 Å². The van der Waals surface area contributed by atoms with Crippen molar-refractivity contribution in [2.24, 2.45) is 0 Å². The van der Waals surface area contributed by atoms with Crippen molar-refractivity contribution in [2.75, 3.05) is 25.1 Å². The summed E-state index contributed by atoms with van der Waals surface area (Å²) in [6.45, 7) is 4.08. The van der Waals surface area contributed by atoms with Gasteiger partial charge in [0.2, 0.25) is 0 Å². The maximum absolute atomic E-state index is 10.6. The minimum Gasteiger partial charge on any atom is -0.377 e. The lowest BCUT2D eigenvalue weighted by Crippen LogP contribution is -2.10. The Morgan fingerprint density at radius 2 is 2.42 bits per heavy atom. The third-order valence-corrected chi connectivity index (χ3v) is 3.07. The molecule has 1 N–H and O–H groups in total. The molecule has 0 bridgehead atoms. The molecule has 0 atom stereocenters. The van der Waals surface area contributed by atoms with Gasteiger partial charge in [0.1, 0.15) is 12.0 Å². The number of rotatable bonds is 5. The van der Waals surface area contributed by atoms with E-state index in [1.54, 1.807) is 0 Å². The van der Waals surface area contributed by atoms with E-state index in [1.165, 1.54) is 17.8 Å². The van der Waals surface area contributed by atoms with Crippen LogP contribution < -0.4 is 5.32 Å². The number of nitrogens with zero attached hydrogens (tertiary/aromatic N) is 2. The Labute approximate surface area is 111 Å². The predicted molar refractivity (Wildman–Crippen MR) is 72.3 cm³/mol. The Kier molecular flexibility index (Phi) is 4.46. The van der Waals surface area contributed by atoms with Crippen LogP contribution >= 0.6 is 0 Å². The molecule has 2 heterocycles. The average molecular weight is 263 g/mol. The third kappa shape index (κ3) is 3.75. The molecule has 1 aromatic rings. The smallest absolute Gasteiger partial charge is 0.287 e. The zero-order chi connectivity index (χ0) is 13.7. The first-order chi connectivity index (χ1) is 9.16. The number of ether oxygens (including phenoxy) is 1. The summed E-state index contributed by atoms with van der Waals surface area (Å²) in [5.41, 5.74) is 2.20. The number of hydrogen-bond acceptors (Lipinski definition) is 5. The van der Waals surface area contributed by atoms with Gasteiger partial charge >= 0.3 is 0 Å². The molecule has 0 saturated heterocycles. The largest absolute Gasteiger partial charge is 0.377 e. The Morgan fingerprint density at radius 3 is 3.05 bits per heavy atom. The van der Waals surface area contributed by atoms with Crippen LogP contribution in [0.15, 0.2) is 23.9 Å². The zero-order valence-electron chi connectivity index (χ0n) is 10.9. The summed E-state index contributed by atoms with van der Waals surface area (Å²) in [6, 6.07) is 1.53. The van der Waals surface area contributed by atoms with Crippen molar-refractivity contribution in [1.29, 1.82) is 0 Å². The van der Waals surface area contributed by atoms with Crippen molar-refractivity contribution in [3.05, 3.63) is 39.6 Å². The van der Waals surface area contributed by atoms with Gasteiger partial charge in [0.05, 0.1) is 18.1 Å². The van der Waals surface area contributed by atoms with Crippen LogP contribution in [0.25, 0.3) is 0 Å².